The highest BCUT2D eigenvalue weighted by atomic mass is 16.5. The van der Waals surface area contributed by atoms with Gasteiger partial charge in [-0.05, 0) is 0 Å². The largest absolute Gasteiger partial charge is 0.480 e. The molecule has 8 nitrogen and oxygen atoms in total. The SMILES string of the molecule is NC1COCC1C(=O)N[C@H](Cc1cnc[nH]1)C(=O)O. The van der Waals surface area contributed by atoms with Crippen LogP contribution in [0.1, 0.15) is 5.69 Å². The summed E-state index contributed by atoms with van der Waals surface area (Å²) in [4.78, 5) is 29.7. The summed E-state index contributed by atoms with van der Waals surface area (Å²) >= 11 is 0. The van der Waals surface area contributed by atoms with E-state index in [2.05, 4.69) is 15.3 Å². The Labute approximate surface area is 109 Å². The first kappa shape index (κ1) is 13.5. The summed E-state index contributed by atoms with van der Waals surface area (Å²) in [5, 5.41) is 11.6. The van der Waals surface area contributed by atoms with Gasteiger partial charge in [-0.3, -0.25) is 4.79 Å². The molecule has 0 aliphatic carbocycles. The molecule has 19 heavy (non-hydrogen) atoms. The molecule has 1 fully saturated rings. The summed E-state index contributed by atoms with van der Waals surface area (Å²) in [6, 6.07) is -1.40. The lowest BCUT2D eigenvalue weighted by atomic mass is 10.0. The van der Waals surface area contributed by atoms with Gasteiger partial charge in [-0.1, -0.05) is 0 Å². The quantitative estimate of drug-likeness (QED) is 0.514. The Kier molecular flexibility index (Phi) is 4.13. The minimum absolute atomic E-state index is 0.143. The molecule has 1 saturated heterocycles. The van der Waals surface area contributed by atoms with E-state index in [9.17, 15) is 9.59 Å². The smallest absolute Gasteiger partial charge is 0.326 e. The van der Waals surface area contributed by atoms with E-state index in [1.54, 1.807) is 0 Å². The van der Waals surface area contributed by atoms with Gasteiger partial charge in [0.05, 0.1) is 25.5 Å². The van der Waals surface area contributed by atoms with Crippen LogP contribution in [0.25, 0.3) is 0 Å². The van der Waals surface area contributed by atoms with E-state index in [1.165, 1.54) is 12.5 Å². The number of amides is 1. The highest BCUT2D eigenvalue weighted by Gasteiger charge is 2.33. The highest BCUT2D eigenvalue weighted by molar-refractivity contribution is 5.85. The summed E-state index contributed by atoms with van der Waals surface area (Å²) in [5.74, 6) is -1.99. The van der Waals surface area contributed by atoms with E-state index in [0.717, 1.165) is 0 Å². The number of rotatable bonds is 5. The van der Waals surface area contributed by atoms with Gasteiger partial charge in [0.15, 0.2) is 0 Å². The van der Waals surface area contributed by atoms with Crippen molar-refractivity contribution in [2.75, 3.05) is 13.2 Å². The molecule has 2 rings (SSSR count). The van der Waals surface area contributed by atoms with Crippen molar-refractivity contribution in [2.24, 2.45) is 11.7 Å². The molecule has 0 radical (unpaired) electrons. The predicted octanol–water partition coefficient (Wildman–Crippen LogP) is -1.50. The monoisotopic (exact) mass is 268 g/mol. The third kappa shape index (κ3) is 3.30. The van der Waals surface area contributed by atoms with Gasteiger partial charge < -0.3 is 25.9 Å². The zero-order chi connectivity index (χ0) is 13.8. The third-order valence-electron chi connectivity index (χ3n) is 3.05. The van der Waals surface area contributed by atoms with Crippen molar-refractivity contribution in [1.29, 1.82) is 0 Å². The van der Waals surface area contributed by atoms with Crippen LogP contribution in [0.3, 0.4) is 0 Å². The average molecular weight is 268 g/mol. The van der Waals surface area contributed by atoms with Gasteiger partial charge >= 0.3 is 5.97 Å². The van der Waals surface area contributed by atoms with E-state index in [-0.39, 0.29) is 19.1 Å². The van der Waals surface area contributed by atoms with Crippen LogP contribution in [-0.2, 0) is 20.7 Å². The molecule has 2 unspecified atom stereocenters. The maximum atomic E-state index is 11.9. The van der Waals surface area contributed by atoms with E-state index < -0.39 is 23.8 Å². The fraction of sp³-hybridized carbons (Fsp3) is 0.545. The Morgan fingerprint density at radius 1 is 1.63 bits per heavy atom. The Bertz CT molecular complexity index is 448. The molecule has 1 aromatic rings. The summed E-state index contributed by atoms with van der Waals surface area (Å²) in [5.41, 5.74) is 6.36. The predicted molar refractivity (Wildman–Crippen MR) is 64.1 cm³/mol. The van der Waals surface area contributed by atoms with E-state index in [1.807, 2.05) is 0 Å². The minimum atomic E-state index is -1.10. The van der Waals surface area contributed by atoms with Gasteiger partial charge in [-0.2, -0.15) is 0 Å². The number of carboxylic acids is 1. The van der Waals surface area contributed by atoms with Crippen molar-refractivity contribution < 1.29 is 19.4 Å². The van der Waals surface area contributed by atoms with Gasteiger partial charge in [-0.25, -0.2) is 9.78 Å². The number of aromatic amines is 1. The number of aliphatic carboxylic acids is 1. The summed E-state index contributed by atoms with van der Waals surface area (Å²) in [6.45, 7) is 0.541. The molecule has 8 heteroatoms. The molecule has 0 saturated carbocycles. The molecule has 0 spiro atoms. The number of imidazole rings is 1. The first-order valence-electron chi connectivity index (χ1n) is 5.91. The first-order chi connectivity index (χ1) is 9.08. The fourth-order valence-corrected chi connectivity index (χ4v) is 1.94. The highest BCUT2D eigenvalue weighted by Crippen LogP contribution is 2.12. The van der Waals surface area contributed by atoms with Crippen molar-refractivity contribution in [3.63, 3.8) is 0 Å². The van der Waals surface area contributed by atoms with Gasteiger partial charge in [0.1, 0.15) is 6.04 Å². The maximum Gasteiger partial charge on any atom is 0.326 e. The van der Waals surface area contributed by atoms with Gasteiger partial charge in [-0.15, -0.1) is 0 Å². The van der Waals surface area contributed by atoms with Crippen LogP contribution in [0.15, 0.2) is 12.5 Å². The molecule has 1 aromatic heterocycles. The Hall–Kier alpha value is -1.93. The van der Waals surface area contributed by atoms with Gasteiger partial charge in [0.2, 0.25) is 5.91 Å². The number of carboxylic acid groups (broad SMARTS) is 1. The number of ether oxygens (including phenoxy) is 1. The van der Waals surface area contributed by atoms with Crippen LogP contribution in [-0.4, -0.2) is 52.2 Å². The van der Waals surface area contributed by atoms with E-state index in [0.29, 0.717) is 12.3 Å². The first-order valence-corrected chi connectivity index (χ1v) is 5.91. The minimum Gasteiger partial charge on any atom is -0.480 e. The number of hydrogen-bond donors (Lipinski definition) is 4. The second kappa shape index (κ2) is 5.81. The lowest BCUT2D eigenvalue weighted by molar-refractivity contribution is -0.142. The van der Waals surface area contributed by atoms with Crippen molar-refractivity contribution >= 4 is 11.9 Å². The number of H-pyrrole nitrogens is 1. The second-order valence-electron chi connectivity index (χ2n) is 4.49. The molecular weight excluding hydrogens is 252 g/mol. The van der Waals surface area contributed by atoms with Crippen molar-refractivity contribution in [3.8, 4) is 0 Å². The zero-order valence-electron chi connectivity index (χ0n) is 10.2. The molecule has 3 atom stereocenters. The third-order valence-corrected chi connectivity index (χ3v) is 3.05. The standard InChI is InChI=1S/C11H16N4O4/c12-8-4-19-3-7(8)10(16)15-9(11(17)18)1-6-2-13-5-14-6/h2,5,7-9H,1,3-4,12H2,(H,13,14)(H,15,16)(H,17,18)/t7?,8?,9-/m1/s1. The molecule has 1 aliphatic heterocycles. The molecule has 0 bridgehead atoms. The van der Waals surface area contributed by atoms with Gasteiger partial charge in [0, 0.05) is 24.4 Å². The van der Waals surface area contributed by atoms with E-state index in [4.69, 9.17) is 15.6 Å². The second-order valence-corrected chi connectivity index (χ2v) is 4.49. The molecule has 0 aromatic carbocycles. The summed E-state index contributed by atoms with van der Waals surface area (Å²) in [7, 11) is 0. The number of hydrogen-bond acceptors (Lipinski definition) is 5. The number of carbonyl (C=O) groups excluding carboxylic acids is 1. The van der Waals surface area contributed by atoms with Crippen LogP contribution < -0.4 is 11.1 Å². The number of carbonyl (C=O) groups is 2. The Morgan fingerprint density at radius 2 is 2.42 bits per heavy atom. The van der Waals surface area contributed by atoms with Crippen LogP contribution >= 0.6 is 0 Å². The topological polar surface area (TPSA) is 130 Å². The summed E-state index contributed by atoms with van der Waals surface area (Å²) in [6.07, 6.45) is 3.12. The molecule has 104 valence electrons. The van der Waals surface area contributed by atoms with Crippen molar-refractivity contribution in [2.45, 2.75) is 18.5 Å². The normalized spacial score (nSPS) is 24.1. The molecule has 5 N–H and O–H groups in total. The van der Waals surface area contributed by atoms with Gasteiger partial charge in [0.25, 0.3) is 0 Å². The Balaban J connectivity index is 1.96. The van der Waals surface area contributed by atoms with Crippen molar-refractivity contribution in [3.05, 3.63) is 18.2 Å². The number of nitrogens with zero attached hydrogens (tertiary/aromatic N) is 1. The lowest BCUT2D eigenvalue weighted by Gasteiger charge is -2.18. The molecule has 2 heterocycles. The number of aromatic nitrogens is 2. The van der Waals surface area contributed by atoms with Crippen LogP contribution in [0.2, 0.25) is 0 Å². The van der Waals surface area contributed by atoms with Crippen LogP contribution in [0.4, 0.5) is 0 Å². The van der Waals surface area contributed by atoms with Crippen LogP contribution in [0.5, 0.6) is 0 Å². The van der Waals surface area contributed by atoms with Crippen LogP contribution in [0, 0.1) is 5.92 Å². The molecular formula is C11H16N4O4. The molecule has 1 aliphatic rings. The fourth-order valence-electron chi connectivity index (χ4n) is 1.94. The number of nitrogens with one attached hydrogen (secondary N) is 2. The zero-order valence-corrected chi connectivity index (χ0v) is 10.2. The van der Waals surface area contributed by atoms with E-state index >= 15 is 0 Å². The molecule has 1 amide bonds. The maximum absolute atomic E-state index is 11.9. The van der Waals surface area contributed by atoms with Crippen molar-refractivity contribution in [1.82, 2.24) is 15.3 Å². The lowest BCUT2D eigenvalue weighted by Crippen LogP contribution is -2.48. The number of nitrogens with two attached hydrogens (primary N) is 1. The summed E-state index contributed by atoms with van der Waals surface area (Å²) < 4.78 is 5.09. The average Bonchev–Trinajstić information content (AvgIpc) is 2.99. The Morgan fingerprint density at radius 3 is 2.95 bits per heavy atom.